The van der Waals surface area contributed by atoms with E-state index in [2.05, 4.69) is 11.1 Å². The third kappa shape index (κ3) is 2.89. The maximum absolute atomic E-state index is 11.3. The summed E-state index contributed by atoms with van der Waals surface area (Å²) >= 11 is 0. The number of ether oxygens (including phenoxy) is 1. The molecule has 0 radical (unpaired) electrons. The summed E-state index contributed by atoms with van der Waals surface area (Å²) < 4.78 is 5.32. The Hall–Kier alpha value is -2.13. The first-order valence-corrected chi connectivity index (χ1v) is 6.60. The van der Waals surface area contributed by atoms with E-state index in [9.17, 15) is 9.90 Å². The summed E-state index contributed by atoms with van der Waals surface area (Å²) in [6.45, 7) is 3.29. The molecule has 2 unspecified atom stereocenters. The van der Waals surface area contributed by atoms with E-state index in [0.29, 0.717) is 24.5 Å². The first-order chi connectivity index (χ1) is 9.67. The molecule has 0 aromatic carbocycles. The number of anilines is 1. The predicted octanol–water partition coefficient (Wildman–Crippen LogP) is 1.27. The van der Waals surface area contributed by atoms with Crippen molar-refractivity contribution >= 4 is 11.8 Å². The average molecular weight is 275 g/mol. The summed E-state index contributed by atoms with van der Waals surface area (Å²) in [7, 11) is 0. The van der Waals surface area contributed by atoms with Gasteiger partial charge in [0, 0.05) is 12.7 Å². The van der Waals surface area contributed by atoms with E-state index in [1.165, 1.54) is 0 Å². The van der Waals surface area contributed by atoms with Gasteiger partial charge in [-0.3, -0.25) is 4.79 Å². The Morgan fingerprint density at radius 2 is 2.45 bits per heavy atom. The van der Waals surface area contributed by atoms with Crippen molar-refractivity contribution in [2.45, 2.75) is 19.4 Å². The maximum Gasteiger partial charge on any atom is 0.311 e. The molecular formula is C14H17N3O3. The molecule has 106 valence electrons. The molecule has 1 saturated heterocycles. The van der Waals surface area contributed by atoms with Crippen molar-refractivity contribution in [2.75, 3.05) is 24.7 Å². The van der Waals surface area contributed by atoms with Crippen LogP contribution >= 0.6 is 0 Å². The molecule has 2 heterocycles. The molecular weight excluding hydrogens is 258 g/mol. The van der Waals surface area contributed by atoms with Crippen LogP contribution in [0.1, 0.15) is 18.9 Å². The van der Waals surface area contributed by atoms with Gasteiger partial charge in [-0.15, -0.1) is 0 Å². The fraction of sp³-hybridized carbons (Fsp3) is 0.500. The molecule has 0 bridgehead atoms. The number of pyridine rings is 1. The number of rotatable bonds is 5. The molecule has 2 rings (SSSR count). The van der Waals surface area contributed by atoms with Gasteiger partial charge < -0.3 is 14.7 Å². The standard InChI is InChI=1S/C14H17N3O3/c1-2-5-17(12-9-20-8-11(12)14(18)19)13-6-10(7-15)3-4-16-13/h3-4,6,11-12H,2,5,8-9H2,1H3,(H,18,19). The minimum atomic E-state index is -0.856. The zero-order valence-electron chi connectivity index (χ0n) is 11.3. The van der Waals surface area contributed by atoms with E-state index in [1.807, 2.05) is 11.8 Å². The largest absolute Gasteiger partial charge is 0.481 e. The number of aromatic nitrogens is 1. The lowest BCUT2D eigenvalue weighted by Gasteiger charge is -2.31. The Morgan fingerprint density at radius 3 is 3.10 bits per heavy atom. The Labute approximate surface area is 117 Å². The second-order valence-electron chi connectivity index (χ2n) is 4.76. The average Bonchev–Trinajstić information content (AvgIpc) is 2.94. The Bertz CT molecular complexity index is 527. The molecule has 0 spiro atoms. The highest BCUT2D eigenvalue weighted by atomic mass is 16.5. The van der Waals surface area contributed by atoms with Crippen LogP contribution in [0.4, 0.5) is 5.82 Å². The van der Waals surface area contributed by atoms with Crippen molar-refractivity contribution in [2.24, 2.45) is 5.92 Å². The van der Waals surface area contributed by atoms with E-state index in [0.717, 1.165) is 6.42 Å². The van der Waals surface area contributed by atoms with Crippen molar-refractivity contribution in [3.8, 4) is 6.07 Å². The zero-order chi connectivity index (χ0) is 14.5. The fourth-order valence-corrected chi connectivity index (χ4v) is 2.42. The summed E-state index contributed by atoms with van der Waals surface area (Å²) in [6, 6.07) is 5.15. The van der Waals surface area contributed by atoms with Gasteiger partial charge in [0.25, 0.3) is 0 Å². The Kier molecular flexibility index (Phi) is 4.53. The van der Waals surface area contributed by atoms with E-state index < -0.39 is 11.9 Å². The molecule has 1 aromatic rings. The fourth-order valence-electron chi connectivity index (χ4n) is 2.42. The molecule has 6 nitrogen and oxygen atoms in total. The van der Waals surface area contributed by atoms with Crippen LogP contribution in [0.5, 0.6) is 0 Å². The molecule has 0 saturated carbocycles. The normalized spacial score (nSPS) is 21.4. The Morgan fingerprint density at radius 1 is 1.65 bits per heavy atom. The summed E-state index contributed by atoms with van der Waals surface area (Å²) in [6.07, 6.45) is 2.43. The number of nitriles is 1. The molecule has 1 aliphatic heterocycles. The van der Waals surface area contributed by atoms with Crippen molar-refractivity contribution < 1.29 is 14.6 Å². The van der Waals surface area contributed by atoms with Crippen molar-refractivity contribution in [3.05, 3.63) is 23.9 Å². The van der Waals surface area contributed by atoms with Gasteiger partial charge in [-0.05, 0) is 18.6 Å². The number of nitrogens with zero attached hydrogens (tertiary/aromatic N) is 3. The van der Waals surface area contributed by atoms with Crippen LogP contribution in [0.2, 0.25) is 0 Å². The molecule has 6 heteroatoms. The minimum absolute atomic E-state index is 0.220. The highest BCUT2D eigenvalue weighted by Crippen LogP contribution is 2.25. The highest BCUT2D eigenvalue weighted by molar-refractivity contribution is 5.72. The SMILES string of the molecule is CCCN(c1cc(C#N)ccn1)C1COCC1C(=O)O. The summed E-state index contributed by atoms with van der Waals surface area (Å²) in [5.74, 6) is -0.785. The second kappa shape index (κ2) is 6.35. The van der Waals surface area contributed by atoms with E-state index in [4.69, 9.17) is 10.00 Å². The van der Waals surface area contributed by atoms with Gasteiger partial charge in [0.05, 0.1) is 30.9 Å². The second-order valence-corrected chi connectivity index (χ2v) is 4.76. The van der Waals surface area contributed by atoms with Gasteiger partial charge in [0.1, 0.15) is 11.7 Å². The van der Waals surface area contributed by atoms with Gasteiger partial charge in [0.15, 0.2) is 0 Å². The molecule has 0 amide bonds. The van der Waals surface area contributed by atoms with Crippen LogP contribution in [-0.2, 0) is 9.53 Å². The van der Waals surface area contributed by atoms with Gasteiger partial charge in [-0.1, -0.05) is 6.92 Å². The third-order valence-corrected chi connectivity index (χ3v) is 3.40. The first kappa shape index (κ1) is 14.3. The van der Waals surface area contributed by atoms with Gasteiger partial charge in [-0.25, -0.2) is 4.98 Å². The van der Waals surface area contributed by atoms with Crippen molar-refractivity contribution in [3.63, 3.8) is 0 Å². The number of carbonyl (C=O) groups is 1. The molecule has 1 aromatic heterocycles. The lowest BCUT2D eigenvalue weighted by atomic mass is 10.0. The quantitative estimate of drug-likeness (QED) is 0.870. The lowest BCUT2D eigenvalue weighted by molar-refractivity contribution is -0.141. The number of hydrogen-bond donors (Lipinski definition) is 1. The number of carboxylic acid groups (broad SMARTS) is 1. The minimum Gasteiger partial charge on any atom is -0.481 e. The lowest BCUT2D eigenvalue weighted by Crippen LogP contribution is -2.44. The zero-order valence-corrected chi connectivity index (χ0v) is 11.3. The molecule has 20 heavy (non-hydrogen) atoms. The van der Waals surface area contributed by atoms with Crippen LogP contribution < -0.4 is 4.90 Å². The Balaban J connectivity index is 2.30. The van der Waals surface area contributed by atoms with E-state index in [-0.39, 0.29) is 12.6 Å². The van der Waals surface area contributed by atoms with Crippen molar-refractivity contribution in [1.82, 2.24) is 4.98 Å². The van der Waals surface area contributed by atoms with Gasteiger partial charge in [-0.2, -0.15) is 5.26 Å². The van der Waals surface area contributed by atoms with Crippen LogP contribution in [0, 0.1) is 17.2 Å². The van der Waals surface area contributed by atoms with Gasteiger partial charge >= 0.3 is 5.97 Å². The summed E-state index contributed by atoms with van der Waals surface area (Å²) in [5.41, 5.74) is 0.516. The smallest absolute Gasteiger partial charge is 0.311 e. The number of carboxylic acids is 1. The maximum atomic E-state index is 11.3. The van der Waals surface area contributed by atoms with Crippen LogP contribution in [0.15, 0.2) is 18.3 Å². The van der Waals surface area contributed by atoms with Crippen LogP contribution in [0.3, 0.4) is 0 Å². The van der Waals surface area contributed by atoms with Gasteiger partial charge in [0.2, 0.25) is 0 Å². The predicted molar refractivity (Wildman–Crippen MR) is 72.3 cm³/mol. The summed E-state index contributed by atoms with van der Waals surface area (Å²) in [4.78, 5) is 17.5. The van der Waals surface area contributed by atoms with E-state index >= 15 is 0 Å². The highest BCUT2D eigenvalue weighted by Gasteiger charge is 2.38. The number of hydrogen-bond acceptors (Lipinski definition) is 5. The van der Waals surface area contributed by atoms with Crippen molar-refractivity contribution in [1.29, 1.82) is 5.26 Å². The molecule has 0 aliphatic carbocycles. The molecule has 1 fully saturated rings. The number of aliphatic carboxylic acids is 1. The monoisotopic (exact) mass is 275 g/mol. The van der Waals surface area contributed by atoms with Crippen LogP contribution in [0.25, 0.3) is 0 Å². The topological polar surface area (TPSA) is 86.5 Å². The summed E-state index contributed by atoms with van der Waals surface area (Å²) in [5, 5.41) is 18.2. The molecule has 1 N–H and O–H groups in total. The van der Waals surface area contributed by atoms with Crippen LogP contribution in [-0.4, -0.2) is 41.9 Å². The third-order valence-electron chi connectivity index (χ3n) is 3.40. The molecule has 2 atom stereocenters. The molecule has 1 aliphatic rings. The first-order valence-electron chi connectivity index (χ1n) is 6.60. The van der Waals surface area contributed by atoms with E-state index in [1.54, 1.807) is 18.3 Å².